The summed E-state index contributed by atoms with van der Waals surface area (Å²) in [5.74, 6) is -0.0716. The van der Waals surface area contributed by atoms with Crippen LogP contribution in [-0.4, -0.2) is 21.6 Å². The molecule has 0 saturated heterocycles. The summed E-state index contributed by atoms with van der Waals surface area (Å²) in [6.07, 6.45) is 0. The Kier molecular flexibility index (Phi) is 4.49. The lowest BCUT2D eigenvalue weighted by Gasteiger charge is -2.20. The normalized spacial score (nSPS) is 11.1. The predicted molar refractivity (Wildman–Crippen MR) is 69.2 cm³/mol. The second kappa shape index (κ2) is 5.48. The number of ether oxygens (including phenoxy) is 1. The Labute approximate surface area is 112 Å². The number of hydrogen-bond donors (Lipinski definition) is 1. The molecule has 1 rings (SSSR count). The number of nitrogens with zero attached hydrogens (tertiary/aromatic N) is 1. The molecule has 1 heterocycles. The van der Waals surface area contributed by atoms with Crippen molar-refractivity contribution in [3.05, 3.63) is 11.8 Å². The van der Waals surface area contributed by atoms with Gasteiger partial charge in [0.05, 0.1) is 5.69 Å². The van der Waals surface area contributed by atoms with Gasteiger partial charge in [0.1, 0.15) is 6.61 Å². The average molecular weight is 352 g/mol. The Hall–Kier alpha value is -1.12. The number of carbonyl (C=O) groups excluding carboxylic acids is 2. The molecular formula is C10H13IN2O4. The molecule has 1 N–H and O–H groups in total. The fourth-order valence-electron chi connectivity index (χ4n) is 1.11. The second-order valence-corrected chi connectivity index (χ2v) is 5.12. The number of carbonyl (C=O) groups is 2. The molecule has 0 bridgehead atoms. The smallest absolute Gasteiger partial charge is 0.302 e. The SMILES string of the molecule is CC(=O)OCC(C)(C)c1cc(NC(=O)I)on1. The molecule has 17 heavy (non-hydrogen) atoms. The van der Waals surface area contributed by atoms with E-state index in [1.165, 1.54) is 6.92 Å². The Morgan fingerprint density at radius 2 is 2.24 bits per heavy atom. The first-order valence-electron chi connectivity index (χ1n) is 4.88. The van der Waals surface area contributed by atoms with Gasteiger partial charge in [-0.05, 0) is 0 Å². The van der Waals surface area contributed by atoms with Crippen molar-refractivity contribution in [1.82, 2.24) is 5.16 Å². The molecule has 0 fully saturated rings. The molecule has 0 aliphatic heterocycles. The zero-order valence-corrected chi connectivity index (χ0v) is 11.9. The summed E-state index contributed by atoms with van der Waals surface area (Å²) >= 11 is 1.59. The van der Waals surface area contributed by atoms with Crippen molar-refractivity contribution in [1.29, 1.82) is 0 Å². The largest absolute Gasteiger partial charge is 0.465 e. The molecule has 7 heteroatoms. The third-order valence-electron chi connectivity index (χ3n) is 2.06. The fourth-order valence-corrected chi connectivity index (χ4v) is 1.37. The lowest BCUT2D eigenvalue weighted by Crippen LogP contribution is -2.26. The Bertz CT molecular complexity index is 428. The van der Waals surface area contributed by atoms with E-state index in [9.17, 15) is 9.59 Å². The molecule has 0 aliphatic rings. The van der Waals surface area contributed by atoms with Gasteiger partial charge in [0.25, 0.3) is 3.91 Å². The van der Waals surface area contributed by atoms with Crippen molar-refractivity contribution < 1.29 is 18.8 Å². The minimum Gasteiger partial charge on any atom is -0.465 e. The molecule has 1 aromatic heterocycles. The third-order valence-corrected chi connectivity index (χ3v) is 2.33. The van der Waals surface area contributed by atoms with E-state index < -0.39 is 5.41 Å². The fraction of sp³-hybridized carbons (Fsp3) is 0.500. The van der Waals surface area contributed by atoms with E-state index >= 15 is 0 Å². The van der Waals surface area contributed by atoms with E-state index in [0.717, 1.165) is 0 Å². The maximum Gasteiger partial charge on any atom is 0.302 e. The van der Waals surface area contributed by atoms with Gasteiger partial charge < -0.3 is 9.26 Å². The van der Waals surface area contributed by atoms with E-state index in [1.807, 2.05) is 13.8 Å². The van der Waals surface area contributed by atoms with E-state index in [2.05, 4.69) is 10.5 Å². The molecule has 94 valence electrons. The minimum absolute atomic E-state index is 0.201. The maximum atomic E-state index is 10.8. The molecule has 1 amide bonds. The highest BCUT2D eigenvalue weighted by Gasteiger charge is 2.26. The first-order chi connectivity index (χ1) is 7.81. The van der Waals surface area contributed by atoms with Gasteiger partial charge in [-0.15, -0.1) is 0 Å². The van der Waals surface area contributed by atoms with Gasteiger partial charge in [0, 0.05) is 41.0 Å². The number of esters is 1. The molecular weight excluding hydrogens is 339 g/mol. The number of rotatable bonds is 4. The van der Waals surface area contributed by atoms with Crippen LogP contribution in [0.2, 0.25) is 0 Å². The van der Waals surface area contributed by atoms with Crippen LogP contribution < -0.4 is 5.32 Å². The van der Waals surface area contributed by atoms with Crippen LogP contribution in [0, 0.1) is 0 Å². The monoisotopic (exact) mass is 352 g/mol. The van der Waals surface area contributed by atoms with Crippen LogP contribution in [0.3, 0.4) is 0 Å². The summed E-state index contributed by atoms with van der Waals surface area (Å²) in [6.45, 7) is 5.28. The van der Waals surface area contributed by atoms with Gasteiger partial charge >= 0.3 is 5.97 Å². The van der Waals surface area contributed by atoms with Gasteiger partial charge in [0.2, 0.25) is 5.88 Å². The van der Waals surface area contributed by atoms with E-state index in [0.29, 0.717) is 5.69 Å². The average Bonchev–Trinajstić information content (AvgIpc) is 2.63. The van der Waals surface area contributed by atoms with Crippen molar-refractivity contribution in [2.45, 2.75) is 26.2 Å². The molecule has 6 nitrogen and oxygen atoms in total. The maximum absolute atomic E-state index is 10.8. The van der Waals surface area contributed by atoms with E-state index in [-0.39, 0.29) is 22.4 Å². The summed E-state index contributed by atoms with van der Waals surface area (Å²) in [4.78, 5) is 21.6. The Morgan fingerprint density at radius 3 is 2.76 bits per heavy atom. The van der Waals surface area contributed by atoms with Gasteiger partial charge in [-0.1, -0.05) is 19.0 Å². The summed E-state index contributed by atoms with van der Waals surface area (Å²) < 4.78 is 9.62. The van der Waals surface area contributed by atoms with Gasteiger partial charge in [0.15, 0.2) is 0 Å². The van der Waals surface area contributed by atoms with Crippen LogP contribution in [0.15, 0.2) is 10.6 Å². The molecule has 0 saturated carbocycles. The van der Waals surface area contributed by atoms with Crippen molar-refractivity contribution >= 4 is 38.4 Å². The number of aromatic nitrogens is 1. The van der Waals surface area contributed by atoms with Crippen LogP contribution in [0.4, 0.5) is 10.7 Å². The van der Waals surface area contributed by atoms with Crippen molar-refractivity contribution in [3.63, 3.8) is 0 Å². The summed E-state index contributed by atoms with van der Waals surface area (Å²) in [5, 5.41) is 6.31. The van der Waals surface area contributed by atoms with Crippen LogP contribution >= 0.6 is 22.6 Å². The molecule has 0 atom stereocenters. The van der Waals surface area contributed by atoms with Crippen LogP contribution in [0.25, 0.3) is 0 Å². The Balaban J connectivity index is 2.73. The van der Waals surface area contributed by atoms with Crippen LogP contribution in [0.5, 0.6) is 0 Å². The van der Waals surface area contributed by atoms with Gasteiger partial charge in [-0.2, -0.15) is 0 Å². The minimum atomic E-state index is -0.469. The molecule has 0 aromatic carbocycles. The van der Waals surface area contributed by atoms with Crippen LogP contribution in [-0.2, 0) is 14.9 Å². The summed E-state index contributed by atoms with van der Waals surface area (Å²) in [5.41, 5.74) is 0.141. The lowest BCUT2D eigenvalue weighted by atomic mass is 9.90. The van der Waals surface area contributed by atoms with E-state index in [1.54, 1.807) is 28.7 Å². The molecule has 0 spiro atoms. The quantitative estimate of drug-likeness (QED) is 0.390. The molecule has 1 aromatic rings. The van der Waals surface area contributed by atoms with Crippen molar-refractivity contribution in [3.8, 4) is 0 Å². The number of amides is 1. The van der Waals surface area contributed by atoms with Crippen molar-refractivity contribution in [2.24, 2.45) is 0 Å². The standard InChI is InChI=1S/C10H13IN2O4/c1-6(14)16-5-10(2,3)7-4-8(17-13-7)12-9(11)15/h4H,5H2,1-3H3,(H,12,15). The number of nitrogens with one attached hydrogen (secondary N) is 1. The molecule has 0 unspecified atom stereocenters. The number of halogens is 1. The summed E-state index contributed by atoms with van der Waals surface area (Å²) in [6, 6.07) is 1.61. The first-order valence-corrected chi connectivity index (χ1v) is 5.96. The lowest BCUT2D eigenvalue weighted by molar-refractivity contribution is -0.142. The second-order valence-electron chi connectivity index (χ2n) is 4.14. The van der Waals surface area contributed by atoms with E-state index in [4.69, 9.17) is 9.26 Å². The topological polar surface area (TPSA) is 81.4 Å². The Morgan fingerprint density at radius 1 is 1.59 bits per heavy atom. The number of hydrogen-bond acceptors (Lipinski definition) is 5. The first kappa shape index (κ1) is 13.9. The summed E-state index contributed by atoms with van der Waals surface area (Å²) in [7, 11) is 0. The number of anilines is 1. The molecule has 0 radical (unpaired) electrons. The zero-order valence-electron chi connectivity index (χ0n) is 9.74. The highest BCUT2D eigenvalue weighted by atomic mass is 127. The van der Waals surface area contributed by atoms with Gasteiger partial charge in [-0.3, -0.25) is 14.9 Å². The predicted octanol–water partition coefficient (Wildman–Crippen LogP) is 2.48. The molecule has 0 aliphatic carbocycles. The zero-order chi connectivity index (χ0) is 13.1. The third kappa shape index (κ3) is 4.33. The van der Waals surface area contributed by atoms with Crippen LogP contribution in [0.1, 0.15) is 26.5 Å². The van der Waals surface area contributed by atoms with Gasteiger partial charge in [-0.25, -0.2) is 0 Å². The highest BCUT2D eigenvalue weighted by molar-refractivity contribution is 14.1. The van der Waals surface area contributed by atoms with Crippen molar-refractivity contribution in [2.75, 3.05) is 11.9 Å². The highest BCUT2D eigenvalue weighted by Crippen LogP contribution is 2.25.